The van der Waals surface area contributed by atoms with E-state index in [9.17, 15) is 24.3 Å². The predicted molar refractivity (Wildman–Crippen MR) is 172 cm³/mol. The van der Waals surface area contributed by atoms with Crippen LogP contribution in [0, 0.1) is 18.3 Å². The van der Waals surface area contributed by atoms with Gasteiger partial charge in [0.1, 0.15) is 11.8 Å². The molecular weight excluding hydrogens is 614 g/mol. The van der Waals surface area contributed by atoms with Gasteiger partial charge >= 0.3 is 5.97 Å². The lowest BCUT2D eigenvalue weighted by Crippen LogP contribution is -2.50. The SMILES string of the molecule is Cc1ncsc1-c1ccc(CNC(=O)[C@@H]2C[C@@H](O)CN2C(=O)[C@@H](CC(=O)CCOCCOCCOCCC(=O)O)C(C)(C)C)cc1. The van der Waals surface area contributed by atoms with Crippen molar-refractivity contribution in [3.63, 3.8) is 0 Å². The van der Waals surface area contributed by atoms with Crippen molar-refractivity contribution < 1.29 is 43.6 Å². The molecule has 0 saturated carbocycles. The van der Waals surface area contributed by atoms with Crippen LogP contribution in [-0.4, -0.2) is 102 Å². The number of rotatable bonds is 19. The first-order chi connectivity index (χ1) is 21.9. The normalized spacial score (nSPS) is 17.2. The molecule has 3 rings (SSSR count). The Bertz CT molecular complexity index is 1290. The minimum atomic E-state index is -0.916. The largest absolute Gasteiger partial charge is 0.481 e. The third-order valence-corrected chi connectivity index (χ3v) is 8.78. The highest BCUT2D eigenvalue weighted by molar-refractivity contribution is 7.13. The molecule has 3 atom stereocenters. The van der Waals surface area contributed by atoms with Gasteiger partial charge in [-0.2, -0.15) is 0 Å². The number of nitrogens with one attached hydrogen (secondary N) is 1. The van der Waals surface area contributed by atoms with Gasteiger partial charge in [-0.25, -0.2) is 4.98 Å². The molecule has 1 aliphatic rings. The van der Waals surface area contributed by atoms with Crippen LogP contribution in [0.1, 0.15) is 57.7 Å². The number of nitrogens with zero attached hydrogens (tertiary/aromatic N) is 2. The molecule has 0 aliphatic carbocycles. The van der Waals surface area contributed by atoms with E-state index in [1.165, 1.54) is 4.90 Å². The quantitative estimate of drug-likeness (QED) is 0.190. The molecule has 1 aromatic carbocycles. The van der Waals surface area contributed by atoms with Crippen LogP contribution in [0.25, 0.3) is 10.4 Å². The zero-order valence-corrected chi connectivity index (χ0v) is 28.0. The number of hydrogen-bond acceptors (Lipinski definition) is 10. The first-order valence-corrected chi connectivity index (χ1v) is 16.5. The van der Waals surface area contributed by atoms with Crippen LogP contribution in [0.3, 0.4) is 0 Å². The van der Waals surface area contributed by atoms with Crippen LogP contribution in [-0.2, 0) is 39.9 Å². The number of benzene rings is 1. The fraction of sp³-hybridized carbons (Fsp3) is 0.606. The van der Waals surface area contributed by atoms with Crippen LogP contribution in [0.2, 0.25) is 0 Å². The molecule has 2 amide bonds. The summed E-state index contributed by atoms with van der Waals surface area (Å²) in [5, 5.41) is 21.9. The van der Waals surface area contributed by atoms with E-state index in [-0.39, 0.29) is 82.8 Å². The summed E-state index contributed by atoms with van der Waals surface area (Å²) in [6, 6.07) is 7.05. The van der Waals surface area contributed by atoms with Gasteiger partial charge in [-0.3, -0.25) is 19.2 Å². The van der Waals surface area contributed by atoms with Crippen LogP contribution in [0.5, 0.6) is 0 Å². The van der Waals surface area contributed by atoms with Crippen molar-refractivity contribution in [2.45, 2.75) is 72.1 Å². The second-order valence-electron chi connectivity index (χ2n) is 12.5. The maximum atomic E-state index is 13.8. The van der Waals surface area contributed by atoms with Crippen molar-refractivity contribution in [3.05, 3.63) is 41.0 Å². The number of aliphatic hydroxyl groups is 1. The number of thiazole rings is 1. The first-order valence-electron chi connectivity index (χ1n) is 15.6. The number of ketones is 1. The lowest BCUT2D eigenvalue weighted by molar-refractivity contribution is -0.146. The first kappa shape index (κ1) is 37.2. The van der Waals surface area contributed by atoms with E-state index < -0.39 is 29.4 Å². The van der Waals surface area contributed by atoms with Gasteiger partial charge in [0.05, 0.1) is 68.2 Å². The number of ether oxygens (including phenoxy) is 3. The number of aliphatic carboxylic acids is 1. The van der Waals surface area contributed by atoms with Gasteiger partial charge in [0, 0.05) is 38.3 Å². The molecule has 12 nitrogen and oxygen atoms in total. The van der Waals surface area contributed by atoms with E-state index in [4.69, 9.17) is 19.3 Å². The second-order valence-corrected chi connectivity index (χ2v) is 13.3. The highest BCUT2D eigenvalue weighted by Gasteiger charge is 2.44. The van der Waals surface area contributed by atoms with Crippen LogP contribution < -0.4 is 5.32 Å². The monoisotopic (exact) mass is 661 g/mol. The van der Waals surface area contributed by atoms with E-state index in [1.54, 1.807) is 11.3 Å². The van der Waals surface area contributed by atoms with Crippen molar-refractivity contribution in [3.8, 4) is 10.4 Å². The molecule has 2 heterocycles. The molecular formula is C33H47N3O9S. The topological polar surface area (TPSA) is 165 Å². The third-order valence-electron chi connectivity index (χ3n) is 7.80. The molecule has 0 radical (unpaired) electrons. The molecule has 0 unspecified atom stereocenters. The van der Waals surface area contributed by atoms with Crippen molar-refractivity contribution in [1.82, 2.24) is 15.2 Å². The minimum absolute atomic E-state index is 0.00237. The van der Waals surface area contributed by atoms with Gasteiger partial charge in [0.2, 0.25) is 11.8 Å². The lowest BCUT2D eigenvalue weighted by Gasteiger charge is -2.34. The number of carboxylic acids is 1. The molecule has 13 heteroatoms. The molecule has 1 fully saturated rings. The summed E-state index contributed by atoms with van der Waals surface area (Å²) in [5.74, 6) is -2.37. The Kier molecular flexibility index (Phi) is 14.7. The van der Waals surface area contributed by atoms with Crippen molar-refractivity contribution in [1.29, 1.82) is 0 Å². The van der Waals surface area contributed by atoms with Gasteiger partial charge in [-0.15, -0.1) is 11.3 Å². The van der Waals surface area contributed by atoms with E-state index in [0.29, 0.717) is 13.2 Å². The van der Waals surface area contributed by atoms with Crippen molar-refractivity contribution >= 4 is 34.9 Å². The number of aliphatic hydroxyl groups excluding tert-OH is 1. The van der Waals surface area contributed by atoms with Crippen LogP contribution >= 0.6 is 11.3 Å². The fourth-order valence-electron chi connectivity index (χ4n) is 5.15. The number of Topliss-reactive ketones (excluding diaryl/α,β-unsaturated/α-hetero) is 1. The van der Waals surface area contributed by atoms with E-state index in [1.807, 2.05) is 57.5 Å². The van der Waals surface area contributed by atoms with Crippen molar-refractivity contribution in [2.24, 2.45) is 11.3 Å². The Morgan fingerprint density at radius 1 is 1.00 bits per heavy atom. The molecule has 0 spiro atoms. The molecule has 1 saturated heterocycles. The standard InChI is InChI=1S/C33H47N3O9S/c1-22-30(46-21-35-22)24-7-5-23(6-8-24)19-34-31(41)28-18-26(38)20-36(28)32(42)27(33(2,3)4)17-25(37)9-11-43-13-15-45-16-14-44-12-10-29(39)40/h5-8,21,26-28,38H,9-20H2,1-4H3,(H,34,41)(H,39,40)/t26-,27-,28+/m1/s1. The molecule has 1 aliphatic heterocycles. The smallest absolute Gasteiger partial charge is 0.305 e. The highest BCUT2D eigenvalue weighted by atomic mass is 32.1. The molecule has 2 aromatic rings. The summed E-state index contributed by atoms with van der Waals surface area (Å²) >= 11 is 1.57. The lowest BCUT2D eigenvalue weighted by atomic mass is 9.76. The van der Waals surface area contributed by atoms with Crippen molar-refractivity contribution in [2.75, 3.05) is 46.2 Å². The number of carboxylic acid groups (broad SMARTS) is 1. The van der Waals surface area contributed by atoms with E-state index in [2.05, 4.69) is 10.3 Å². The molecule has 1 aromatic heterocycles. The van der Waals surface area contributed by atoms with Crippen LogP contribution in [0.4, 0.5) is 0 Å². The number of aryl methyl sites for hydroxylation is 1. The van der Waals surface area contributed by atoms with Gasteiger partial charge < -0.3 is 34.6 Å². The average Bonchev–Trinajstić information content (AvgIpc) is 3.61. The highest BCUT2D eigenvalue weighted by Crippen LogP contribution is 2.34. The van der Waals surface area contributed by atoms with Gasteiger partial charge in [0.25, 0.3) is 0 Å². The number of hydrogen-bond donors (Lipinski definition) is 3. The number of likely N-dealkylation sites (tertiary alicyclic amines) is 1. The van der Waals surface area contributed by atoms with E-state index >= 15 is 0 Å². The summed E-state index contributed by atoms with van der Waals surface area (Å²) in [7, 11) is 0. The van der Waals surface area contributed by atoms with Gasteiger partial charge in [-0.1, -0.05) is 45.0 Å². The molecule has 0 bridgehead atoms. The van der Waals surface area contributed by atoms with Gasteiger partial charge in [0.15, 0.2) is 0 Å². The second kappa shape index (κ2) is 18.2. The predicted octanol–water partition coefficient (Wildman–Crippen LogP) is 3.23. The Morgan fingerprint density at radius 2 is 1.61 bits per heavy atom. The third kappa shape index (κ3) is 11.8. The molecule has 3 N–H and O–H groups in total. The molecule has 46 heavy (non-hydrogen) atoms. The van der Waals surface area contributed by atoms with Crippen LogP contribution in [0.15, 0.2) is 29.8 Å². The average molecular weight is 662 g/mol. The molecule has 254 valence electrons. The summed E-state index contributed by atoms with van der Waals surface area (Å²) < 4.78 is 16.0. The minimum Gasteiger partial charge on any atom is -0.481 e. The number of carbonyl (C=O) groups excluding carboxylic acids is 3. The number of amides is 2. The van der Waals surface area contributed by atoms with Gasteiger partial charge in [-0.05, 0) is 23.5 Å². The maximum Gasteiger partial charge on any atom is 0.305 e. The Labute approximate surface area is 274 Å². The summed E-state index contributed by atoms with van der Waals surface area (Å²) in [4.78, 5) is 57.2. The number of carbonyl (C=O) groups is 4. The fourth-order valence-corrected chi connectivity index (χ4v) is 5.96. The Morgan fingerprint density at radius 3 is 2.17 bits per heavy atom. The zero-order chi connectivity index (χ0) is 33.7. The number of β-amino-alcohol motifs (C(OH)–C–C–N with tert-alkyl or cyclic N) is 1. The zero-order valence-electron chi connectivity index (χ0n) is 27.2. The number of aromatic nitrogens is 1. The van der Waals surface area contributed by atoms with E-state index in [0.717, 1.165) is 21.7 Å². The Balaban J connectivity index is 1.45. The summed E-state index contributed by atoms with van der Waals surface area (Å²) in [6.45, 7) is 9.44. The summed E-state index contributed by atoms with van der Waals surface area (Å²) in [5.41, 5.74) is 4.19. The summed E-state index contributed by atoms with van der Waals surface area (Å²) in [6.07, 6.45) is -0.616. The Hall–Kier alpha value is -3.23. The maximum absolute atomic E-state index is 13.8.